The van der Waals surface area contributed by atoms with E-state index in [2.05, 4.69) is 5.32 Å². The summed E-state index contributed by atoms with van der Waals surface area (Å²) in [5, 5.41) is 2.81. The Balaban J connectivity index is 2.65. The van der Waals surface area contributed by atoms with E-state index >= 15 is 0 Å². The van der Waals surface area contributed by atoms with Crippen molar-refractivity contribution in [2.75, 3.05) is 10.2 Å². The molecule has 22 heavy (non-hydrogen) atoms. The lowest BCUT2D eigenvalue weighted by Crippen LogP contribution is -2.56. The van der Waals surface area contributed by atoms with Crippen molar-refractivity contribution in [2.24, 2.45) is 0 Å². The summed E-state index contributed by atoms with van der Waals surface area (Å²) < 4.78 is 27.0. The molecule has 1 aliphatic heterocycles. The molecule has 0 saturated heterocycles. The zero-order valence-electron chi connectivity index (χ0n) is 12.4. The predicted octanol–water partition coefficient (Wildman–Crippen LogP) is 2.05. The number of nitrogens with zero attached hydrogens (tertiary/aromatic N) is 1. The van der Waals surface area contributed by atoms with Gasteiger partial charge in [-0.25, -0.2) is 8.78 Å². The number of ketones is 2. The van der Waals surface area contributed by atoms with Gasteiger partial charge >= 0.3 is 0 Å². The monoisotopic (exact) mass is 310 g/mol. The highest BCUT2D eigenvalue weighted by molar-refractivity contribution is 6.17. The van der Waals surface area contributed by atoms with Gasteiger partial charge in [0.1, 0.15) is 6.04 Å². The molecule has 0 bridgehead atoms. The molecule has 5 nitrogen and oxygen atoms in total. The average molecular weight is 310 g/mol. The fraction of sp³-hybridized carbons (Fsp3) is 0.400. The van der Waals surface area contributed by atoms with Gasteiger partial charge in [-0.3, -0.25) is 19.3 Å². The van der Waals surface area contributed by atoms with E-state index in [4.69, 9.17) is 0 Å². The first-order chi connectivity index (χ1) is 10.3. The molecule has 0 aromatic heterocycles. The number of halogens is 2. The average Bonchev–Trinajstić information content (AvgIpc) is 2.43. The molecule has 1 aromatic rings. The number of rotatable bonds is 4. The van der Waals surface area contributed by atoms with Crippen molar-refractivity contribution in [1.82, 2.24) is 0 Å². The summed E-state index contributed by atoms with van der Waals surface area (Å²) in [6.45, 7) is 4.10. The van der Waals surface area contributed by atoms with Crippen LogP contribution in [0.15, 0.2) is 12.1 Å². The SMILES string of the molecule is CCC1Nc2cc(F)c(F)cc2N(C(C(C)=O)C(C)=O)C1=O. The second-order valence-corrected chi connectivity index (χ2v) is 5.22. The van der Waals surface area contributed by atoms with Crippen molar-refractivity contribution >= 4 is 28.8 Å². The van der Waals surface area contributed by atoms with Gasteiger partial charge in [-0.1, -0.05) is 6.92 Å². The first-order valence-electron chi connectivity index (χ1n) is 6.87. The molecule has 1 N–H and O–H groups in total. The summed E-state index contributed by atoms with van der Waals surface area (Å²) in [6, 6.07) is -0.310. The second kappa shape index (κ2) is 5.82. The molecule has 1 amide bonds. The topological polar surface area (TPSA) is 66.5 Å². The van der Waals surface area contributed by atoms with Crippen LogP contribution < -0.4 is 10.2 Å². The zero-order valence-corrected chi connectivity index (χ0v) is 12.4. The number of fused-ring (bicyclic) bond motifs is 1. The van der Waals surface area contributed by atoms with E-state index in [1.54, 1.807) is 6.92 Å². The number of hydrogen-bond donors (Lipinski definition) is 1. The normalized spacial score (nSPS) is 17.3. The van der Waals surface area contributed by atoms with Gasteiger partial charge in [0.05, 0.1) is 11.4 Å². The third-order valence-electron chi connectivity index (χ3n) is 3.60. The number of nitrogens with one attached hydrogen (secondary N) is 1. The Morgan fingerprint density at radius 1 is 1.23 bits per heavy atom. The Morgan fingerprint density at radius 3 is 2.27 bits per heavy atom. The van der Waals surface area contributed by atoms with Crippen LogP contribution in [0.5, 0.6) is 0 Å². The Kier molecular flexibility index (Phi) is 4.25. The Bertz CT molecular complexity index is 646. The summed E-state index contributed by atoms with van der Waals surface area (Å²) >= 11 is 0. The van der Waals surface area contributed by atoms with E-state index in [0.29, 0.717) is 6.42 Å². The number of carbonyl (C=O) groups excluding carboxylic acids is 3. The Morgan fingerprint density at radius 2 is 1.77 bits per heavy atom. The minimum Gasteiger partial charge on any atom is -0.372 e. The van der Waals surface area contributed by atoms with Crippen LogP contribution in [0.2, 0.25) is 0 Å². The maximum atomic E-state index is 13.5. The van der Waals surface area contributed by atoms with Crippen LogP contribution in [0.3, 0.4) is 0 Å². The van der Waals surface area contributed by atoms with Crippen molar-refractivity contribution in [3.63, 3.8) is 0 Å². The maximum absolute atomic E-state index is 13.5. The quantitative estimate of drug-likeness (QED) is 0.864. The summed E-state index contributed by atoms with van der Waals surface area (Å²) in [5.41, 5.74) is 0.168. The Labute approximate surface area is 126 Å². The molecule has 1 heterocycles. The molecule has 0 saturated carbocycles. The summed E-state index contributed by atoms with van der Waals surface area (Å²) in [5.74, 6) is -3.81. The molecule has 7 heteroatoms. The Hall–Kier alpha value is -2.31. The van der Waals surface area contributed by atoms with E-state index < -0.39 is 41.2 Å². The van der Waals surface area contributed by atoms with Crippen molar-refractivity contribution < 1.29 is 23.2 Å². The molecule has 1 aliphatic rings. The van der Waals surface area contributed by atoms with Crippen molar-refractivity contribution in [3.8, 4) is 0 Å². The van der Waals surface area contributed by atoms with E-state index in [9.17, 15) is 23.2 Å². The number of amides is 1. The summed E-state index contributed by atoms with van der Waals surface area (Å²) in [4.78, 5) is 37.0. The van der Waals surface area contributed by atoms with E-state index in [-0.39, 0.29) is 11.4 Å². The molecule has 118 valence electrons. The third-order valence-corrected chi connectivity index (χ3v) is 3.60. The van der Waals surface area contributed by atoms with Crippen LogP contribution in [0.4, 0.5) is 20.2 Å². The minimum absolute atomic E-state index is 0.0102. The minimum atomic E-state index is -1.34. The van der Waals surface area contributed by atoms with Gasteiger partial charge in [-0.15, -0.1) is 0 Å². The number of carbonyl (C=O) groups is 3. The van der Waals surface area contributed by atoms with E-state index in [1.165, 1.54) is 13.8 Å². The molecule has 1 aromatic carbocycles. The van der Waals surface area contributed by atoms with Crippen LogP contribution in [0.1, 0.15) is 27.2 Å². The first-order valence-corrected chi connectivity index (χ1v) is 6.87. The zero-order chi connectivity index (χ0) is 16.6. The van der Waals surface area contributed by atoms with Crippen molar-refractivity contribution in [2.45, 2.75) is 39.3 Å². The fourth-order valence-electron chi connectivity index (χ4n) is 2.58. The highest BCUT2D eigenvalue weighted by Crippen LogP contribution is 2.35. The van der Waals surface area contributed by atoms with Gasteiger partial charge in [0, 0.05) is 12.1 Å². The lowest BCUT2D eigenvalue weighted by Gasteiger charge is -2.38. The van der Waals surface area contributed by atoms with Gasteiger partial charge in [0.2, 0.25) is 0 Å². The van der Waals surface area contributed by atoms with E-state index in [1.807, 2.05) is 0 Å². The summed E-state index contributed by atoms with van der Waals surface area (Å²) in [7, 11) is 0. The second-order valence-electron chi connectivity index (χ2n) is 5.22. The molecular weight excluding hydrogens is 294 g/mol. The molecule has 0 radical (unpaired) electrons. The van der Waals surface area contributed by atoms with Crippen LogP contribution >= 0.6 is 0 Å². The predicted molar refractivity (Wildman–Crippen MR) is 76.7 cm³/mol. The van der Waals surface area contributed by atoms with Crippen LogP contribution in [0.25, 0.3) is 0 Å². The summed E-state index contributed by atoms with van der Waals surface area (Å²) in [6.07, 6.45) is 0.371. The first kappa shape index (κ1) is 16.1. The number of benzene rings is 1. The van der Waals surface area contributed by atoms with Crippen LogP contribution in [0, 0.1) is 11.6 Å². The highest BCUT2D eigenvalue weighted by atomic mass is 19.2. The van der Waals surface area contributed by atoms with Crippen LogP contribution in [-0.2, 0) is 14.4 Å². The fourth-order valence-corrected chi connectivity index (χ4v) is 2.58. The lowest BCUT2D eigenvalue weighted by molar-refractivity contribution is -0.130. The largest absolute Gasteiger partial charge is 0.372 e. The maximum Gasteiger partial charge on any atom is 0.250 e. The standard InChI is InChI=1S/C15H16F2N2O3/c1-4-11-15(22)19(14(7(2)20)8(3)21)13-6-10(17)9(16)5-12(13)18-11/h5-6,11,14,18H,4H2,1-3H3. The van der Waals surface area contributed by atoms with Crippen molar-refractivity contribution in [3.05, 3.63) is 23.8 Å². The molecule has 0 spiro atoms. The number of anilines is 2. The molecule has 1 unspecified atom stereocenters. The van der Waals surface area contributed by atoms with Gasteiger partial charge in [0.25, 0.3) is 5.91 Å². The molecule has 0 fully saturated rings. The van der Waals surface area contributed by atoms with Gasteiger partial charge in [-0.05, 0) is 20.3 Å². The van der Waals surface area contributed by atoms with Crippen LogP contribution in [-0.4, -0.2) is 29.6 Å². The van der Waals surface area contributed by atoms with Gasteiger partial charge in [-0.2, -0.15) is 0 Å². The third kappa shape index (κ3) is 2.58. The molecular formula is C15H16F2N2O3. The molecule has 1 atom stereocenters. The van der Waals surface area contributed by atoms with E-state index in [0.717, 1.165) is 17.0 Å². The van der Waals surface area contributed by atoms with Crippen molar-refractivity contribution in [1.29, 1.82) is 0 Å². The highest BCUT2D eigenvalue weighted by Gasteiger charge is 2.40. The van der Waals surface area contributed by atoms with Gasteiger partial charge < -0.3 is 5.32 Å². The number of Topliss-reactive ketones (excluding diaryl/α,β-unsaturated/α-hetero) is 2. The number of hydrogen-bond acceptors (Lipinski definition) is 4. The smallest absolute Gasteiger partial charge is 0.250 e. The molecule has 2 rings (SSSR count). The lowest BCUT2D eigenvalue weighted by atomic mass is 10.00. The molecule has 0 aliphatic carbocycles. The van der Waals surface area contributed by atoms with Gasteiger partial charge in [0.15, 0.2) is 29.2 Å².